The van der Waals surface area contributed by atoms with Crippen LogP contribution in [0.25, 0.3) is 5.69 Å². The number of aryl methyl sites for hydroxylation is 1. The van der Waals surface area contributed by atoms with Gasteiger partial charge in [-0.3, -0.25) is 9.59 Å². The number of amides is 2. The number of aromatic nitrogens is 2. The monoisotopic (exact) mass is 314 g/mol. The zero-order valence-corrected chi connectivity index (χ0v) is 13.5. The van der Waals surface area contributed by atoms with E-state index < -0.39 is 0 Å². The second-order valence-corrected chi connectivity index (χ2v) is 5.31. The van der Waals surface area contributed by atoms with Gasteiger partial charge in [0.25, 0.3) is 0 Å². The first kappa shape index (κ1) is 16.7. The van der Waals surface area contributed by atoms with Gasteiger partial charge in [-0.15, -0.1) is 0 Å². The molecule has 0 saturated heterocycles. The Morgan fingerprint density at radius 3 is 2.61 bits per heavy atom. The van der Waals surface area contributed by atoms with Crippen LogP contribution in [0.2, 0.25) is 0 Å². The maximum Gasteiger partial charge on any atom is 0.226 e. The maximum atomic E-state index is 12.0. The van der Waals surface area contributed by atoms with Gasteiger partial charge in [-0.1, -0.05) is 25.1 Å². The molecule has 0 unspecified atom stereocenters. The molecule has 1 aromatic heterocycles. The van der Waals surface area contributed by atoms with Gasteiger partial charge < -0.3 is 10.6 Å². The quantitative estimate of drug-likeness (QED) is 0.824. The molecule has 2 N–H and O–H groups in total. The first-order chi connectivity index (χ1) is 11.1. The molecule has 0 aliphatic heterocycles. The number of para-hydroxylation sites is 1. The topological polar surface area (TPSA) is 76.0 Å². The number of nitrogens with zero attached hydrogens (tertiary/aromatic N) is 2. The predicted molar refractivity (Wildman–Crippen MR) is 89.5 cm³/mol. The molecule has 2 aromatic rings. The lowest BCUT2D eigenvalue weighted by atomic mass is 10.2. The molecule has 0 bridgehead atoms. The van der Waals surface area contributed by atoms with Crippen LogP contribution < -0.4 is 10.6 Å². The lowest BCUT2D eigenvalue weighted by Crippen LogP contribution is -2.25. The van der Waals surface area contributed by atoms with E-state index in [0.717, 1.165) is 17.7 Å². The fraction of sp³-hybridized carbons (Fsp3) is 0.353. The van der Waals surface area contributed by atoms with Gasteiger partial charge in [-0.25, -0.2) is 4.68 Å². The molecular formula is C17H22N4O2. The highest BCUT2D eigenvalue weighted by atomic mass is 16.2. The summed E-state index contributed by atoms with van der Waals surface area (Å²) in [5.74, 6) is 0.291. The van der Waals surface area contributed by atoms with Crippen molar-refractivity contribution in [2.24, 2.45) is 0 Å². The minimum Gasteiger partial charge on any atom is -0.356 e. The average molecular weight is 314 g/mol. The maximum absolute atomic E-state index is 12.0. The summed E-state index contributed by atoms with van der Waals surface area (Å²) >= 11 is 0. The number of carbonyl (C=O) groups is 2. The predicted octanol–water partition coefficient (Wildman–Crippen LogP) is 2.43. The third-order valence-corrected chi connectivity index (χ3v) is 3.41. The molecule has 6 heteroatoms. The van der Waals surface area contributed by atoms with Crippen molar-refractivity contribution in [2.75, 3.05) is 11.9 Å². The summed E-state index contributed by atoms with van der Waals surface area (Å²) in [4.78, 5) is 23.6. The Kier molecular flexibility index (Phi) is 5.91. The second-order valence-electron chi connectivity index (χ2n) is 5.31. The van der Waals surface area contributed by atoms with Crippen molar-refractivity contribution in [1.29, 1.82) is 0 Å². The van der Waals surface area contributed by atoms with Gasteiger partial charge in [-0.05, 0) is 25.0 Å². The summed E-state index contributed by atoms with van der Waals surface area (Å²) in [5.41, 5.74) is 1.97. The van der Waals surface area contributed by atoms with Crippen LogP contribution in [-0.2, 0) is 9.59 Å². The minimum absolute atomic E-state index is 0.102. The van der Waals surface area contributed by atoms with Crippen molar-refractivity contribution >= 4 is 17.6 Å². The van der Waals surface area contributed by atoms with E-state index in [1.54, 1.807) is 16.9 Å². The van der Waals surface area contributed by atoms with Gasteiger partial charge in [-0.2, -0.15) is 5.10 Å². The molecule has 1 aromatic carbocycles. The largest absolute Gasteiger partial charge is 0.356 e. The number of benzene rings is 1. The first-order valence-electron chi connectivity index (χ1n) is 7.78. The number of hydrogen-bond donors (Lipinski definition) is 2. The number of nitrogens with one attached hydrogen (secondary N) is 2. The highest BCUT2D eigenvalue weighted by Crippen LogP contribution is 2.18. The molecule has 2 rings (SSSR count). The summed E-state index contributed by atoms with van der Waals surface area (Å²) in [6.07, 6.45) is 2.85. The van der Waals surface area contributed by atoms with E-state index in [-0.39, 0.29) is 24.7 Å². The van der Waals surface area contributed by atoms with Crippen molar-refractivity contribution in [1.82, 2.24) is 15.1 Å². The molecule has 1 heterocycles. The normalized spacial score (nSPS) is 10.3. The van der Waals surface area contributed by atoms with Gasteiger partial charge in [0, 0.05) is 25.5 Å². The van der Waals surface area contributed by atoms with Gasteiger partial charge >= 0.3 is 0 Å². The number of rotatable bonds is 7. The Balaban J connectivity index is 1.97. The van der Waals surface area contributed by atoms with Crippen molar-refractivity contribution in [2.45, 2.75) is 33.1 Å². The van der Waals surface area contributed by atoms with E-state index in [2.05, 4.69) is 15.7 Å². The Morgan fingerprint density at radius 1 is 1.13 bits per heavy atom. The lowest BCUT2D eigenvalue weighted by molar-refractivity contribution is -0.124. The van der Waals surface area contributed by atoms with Gasteiger partial charge in [0.15, 0.2) is 0 Å². The summed E-state index contributed by atoms with van der Waals surface area (Å²) in [6.45, 7) is 4.61. The molecular weight excluding hydrogens is 292 g/mol. The van der Waals surface area contributed by atoms with Crippen LogP contribution in [0.3, 0.4) is 0 Å². The van der Waals surface area contributed by atoms with Crippen LogP contribution in [-0.4, -0.2) is 28.1 Å². The van der Waals surface area contributed by atoms with Crippen molar-refractivity contribution in [3.8, 4) is 5.69 Å². The Hall–Kier alpha value is -2.63. The number of carbonyl (C=O) groups excluding carboxylic acids is 2. The van der Waals surface area contributed by atoms with Crippen LogP contribution in [0.1, 0.15) is 31.7 Å². The number of hydrogen-bond acceptors (Lipinski definition) is 3. The van der Waals surface area contributed by atoms with E-state index in [1.165, 1.54) is 0 Å². The third kappa shape index (κ3) is 4.67. The average Bonchev–Trinajstić information content (AvgIpc) is 2.99. The van der Waals surface area contributed by atoms with Crippen LogP contribution >= 0.6 is 0 Å². The minimum atomic E-state index is -0.202. The SMILES string of the molecule is CCCNC(=O)CCC(=O)Nc1ccnn1-c1ccccc1C. The van der Waals surface area contributed by atoms with Crippen LogP contribution in [0.4, 0.5) is 5.82 Å². The van der Waals surface area contributed by atoms with Crippen molar-refractivity contribution in [3.05, 3.63) is 42.1 Å². The van der Waals surface area contributed by atoms with E-state index >= 15 is 0 Å². The van der Waals surface area contributed by atoms with E-state index in [0.29, 0.717) is 12.4 Å². The zero-order chi connectivity index (χ0) is 16.7. The molecule has 122 valence electrons. The van der Waals surface area contributed by atoms with Crippen LogP contribution in [0, 0.1) is 6.92 Å². The first-order valence-corrected chi connectivity index (χ1v) is 7.78. The molecule has 0 saturated carbocycles. The number of anilines is 1. The molecule has 6 nitrogen and oxygen atoms in total. The van der Waals surface area contributed by atoms with E-state index in [9.17, 15) is 9.59 Å². The fourth-order valence-corrected chi connectivity index (χ4v) is 2.18. The molecule has 0 aliphatic rings. The summed E-state index contributed by atoms with van der Waals surface area (Å²) in [5, 5.41) is 9.82. The van der Waals surface area contributed by atoms with Gasteiger partial charge in [0.2, 0.25) is 11.8 Å². The summed E-state index contributed by atoms with van der Waals surface area (Å²) in [7, 11) is 0. The van der Waals surface area contributed by atoms with Crippen LogP contribution in [0.15, 0.2) is 36.5 Å². The summed E-state index contributed by atoms with van der Waals surface area (Å²) in [6, 6.07) is 9.54. The standard InChI is InChI=1S/C17H22N4O2/c1-3-11-18-16(22)8-9-17(23)20-15-10-12-19-21(15)14-7-5-4-6-13(14)2/h4-7,10,12H,3,8-9,11H2,1-2H3,(H,18,22)(H,20,23). The van der Waals surface area contributed by atoms with Gasteiger partial charge in [0.05, 0.1) is 11.9 Å². The van der Waals surface area contributed by atoms with Crippen molar-refractivity contribution < 1.29 is 9.59 Å². The van der Waals surface area contributed by atoms with Crippen LogP contribution in [0.5, 0.6) is 0 Å². The Bertz CT molecular complexity index is 679. The zero-order valence-electron chi connectivity index (χ0n) is 13.5. The lowest BCUT2D eigenvalue weighted by Gasteiger charge is -2.11. The molecule has 0 aliphatic carbocycles. The molecule has 0 atom stereocenters. The van der Waals surface area contributed by atoms with E-state index in [1.807, 2.05) is 38.1 Å². The molecule has 0 spiro atoms. The molecule has 0 radical (unpaired) electrons. The molecule has 2 amide bonds. The highest BCUT2D eigenvalue weighted by molar-refractivity contribution is 5.92. The van der Waals surface area contributed by atoms with Gasteiger partial charge in [0.1, 0.15) is 5.82 Å². The highest BCUT2D eigenvalue weighted by Gasteiger charge is 2.11. The second kappa shape index (κ2) is 8.12. The van der Waals surface area contributed by atoms with E-state index in [4.69, 9.17) is 0 Å². The summed E-state index contributed by atoms with van der Waals surface area (Å²) < 4.78 is 1.68. The fourth-order valence-electron chi connectivity index (χ4n) is 2.18. The molecule has 0 fully saturated rings. The third-order valence-electron chi connectivity index (χ3n) is 3.41. The molecule has 23 heavy (non-hydrogen) atoms. The smallest absolute Gasteiger partial charge is 0.226 e. The Labute approximate surface area is 135 Å². The van der Waals surface area contributed by atoms with Crippen molar-refractivity contribution in [3.63, 3.8) is 0 Å². The Morgan fingerprint density at radius 2 is 1.87 bits per heavy atom.